The number of phenolic OH excluding ortho intramolecular Hbond substituents is 1. The lowest BCUT2D eigenvalue weighted by atomic mass is 10.2. The number of hydrogen-bond acceptors (Lipinski definition) is 3. The smallest absolute Gasteiger partial charge is 0.130 e. The van der Waals surface area contributed by atoms with Crippen molar-refractivity contribution in [3.8, 4) is 11.8 Å². The number of rotatable bonds is 2. The minimum absolute atomic E-state index is 0.226. The summed E-state index contributed by atoms with van der Waals surface area (Å²) in [6.45, 7) is 0. The maximum absolute atomic E-state index is 9.56. The predicted octanol–water partition coefficient (Wildman–Crippen LogP) is 4.18. The van der Waals surface area contributed by atoms with Crippen molar-refractivity contribution in [2.75, 3.05) is 0 Å². The summed E-state index contributed by atoms with van der Waals surface area (Å²) in [5.74, 6) is 0.226. The fourth-order valence-electron chi connectivity index (χ4n) is 1.29. The van der Waals surface area contributed by atoms with Crippen molar-refractivity contribution < 1.29 is 5.11 Å². The van der Waals surface area contributed by atoms with Crippen LogP contribution in [0.1, 0.15) is 5.56 Å². The van der Waals surface area contributed by atoms with Gasteiger partial charge in [-0.2, -0.15) is 5.26 Å². The van der Waals surface area contributed by atoms with Crippen LogP contribution in [0.2, 0.25) is 0 Å². The Bertz CT molecular complexity index is 575. The molecule has 0 aliphatic heterocycles. The fraction of sp³-hybridized carbons (Fsp3) is 0. The van der Waals surface area contributed by atoms with Crippen molar-refractivity contribution in [2.24, 2.45) is 0 Å². The molecule has 0 saturated carbocycles. The third-order valence-corrected chi connectivity index (χ3v) is 3.80. The highest BCUT2D eigenvalue weighted by Gasteiger charge is 2.02. The molecule has 0 aromatic heterocycles. The van der Waals surface area contributed by atoms with Crippen LogP contribution < -0.4 is 0 Å². The molecule has 0 radical (unpaired) electrons. The fourth-order valence-corrected chi connectivity index (χ4v) is 2.39. The van der Waals surface area contributed by atoms with Gasteiger partial charge in [0, 0.05) is 9.79 Å². The summed E-state index contributed by atoms with van der Waals surface area (Å²) in [4.78, 5) is 1.99. The minimum atomic E-state index is 0.226. The number of nitrogens with zero attached hydrogens (tertiary/aromatic N) is 1. The summed E-state index contributed by atoms with van der Waals surface area (Å²) in [5, 5.41) is 18.2. The van der Waals surface area contributed by atoms with Crippen LogP contribution in [0.15, 0.2) is 56.7 Å². The van der Waals surface area contributed by atoms with Gasteiger partial charge in [0.15, 0.2) is 0 Å². The lowest BCUT2D eigenvalue weighted by molar-refractivity contribution is 0.470. The van der Waals surface area contributed by atoms with Crippen molar-refractivity contribution in [1.29, 1.82) is 5.26 Å². The van der Waals surface area contributed by atoms with E-state index in [9.17, 15) is 5.11 Å². The van der Waals surface area contributed by atoms with Gasteiger partial charge < -0.3 is 5.11 Å². The molecule has 17 heavy (non-hydrogen) atoms. The second-order valence-electron chi connectivity index (χ2n) is 3.35. The first-order valence-electron chi connectivity index (χ1n) is 4.85. The zero-order chi connectivity index (χ0) is 12.3. The molecule has 2 aromatic rings. The van der Waals surface area contributed by atoms with Gasteiger partial charge in [-0.1, -0.05) is 11.8 Å². The monoisotopic (exact) mass is 305 g/mol. The summed E-state index contributed by atoms with van der Waals surface area (Å²) in [6, 6.07) is 14.9. The molecule has 0 aliphatic carbocycles. The summed E-state index contributed by atoms with van der Waals surface area (Å²) < 4.78 is 0.682. The maximum Gasteiger partial charge on any atom is 0.130 e. The number of benzene rings is 2. The topological polar surface area (TPSA) is 44.0 Å². The first-order valence-corrected chi connectivity index (χ1v) is 6.46. The highest BCUT2D eigenvalue weighted by Crippen LogP contribution is 2.33. The van der Waals surface area contributed by atoms with E-state index >= 15 is 0 Å². The van der Waals surface area contributed by atoms with Gasteiger partial charge in [-0.05, 0) is 58.4 Å². The van der Waals surface area contributed by atoms with Crippen LogP contribution in [0.25, 0.3) is 0 Å². The van der Waals surface area contributed by atoms with Gasteiger partial charge in [0.1, 0.15) is 5.75 Å². The van der Waals surface area contributed by atoms with Crippen LogP contribution in [0.4, 0.5) is 0 Å². The molecule has 2 aromatic carbocycles. The van der Waals surface area contributed by atoms with Crippen LogP contribution in [0.5, 0.6) is 5.75 Å². The van der Waals surface area contributed by atoms with Gasteiger partial charge in [0.05, 0.1) is 16.1 Å². The van der Waals surface area contributed by atoms with E-state index in [0.29, 0.717) is 10.0 Å². The molecule has 2 nitrogen and oxygen atoms in total. The Morgan fingerprint density at radius 3 is 2.29 bits per heavy atom. The Labute approximate surface area is 112 Å². The van der Waals surface area contributed by atoms with Crippen LogP contribution in [0.3, 0.4) is 0 Å². The van der Waals surface area contributed by atoms with Crippen molar-refractivity contribution in [3.05, 3.63) is 52.5 Å². The lowest BCUT2D eigenvalue weighted by Crippen LogP contribution is -1.77. The number of aromatic hydroxyl groups is 1. The molecule has 1 N–H and O–H groups in total. The predicted molar refractivity (Wildman–Crippen MR) is 71.1 cm³/mol. The Kier molecular flexibility index (Phi) is 3.72. The number of hydrogen-bond donors (Lipinski definition) is 1. The molecular formula is C13H8BrNOS. The van der Waals surface area contributed by atoms with Gasteiger partial charge in [0.25, 0.3) is 0 Å². The first-order chi connectivity index (χ1) is 8.19. The Morgan fingerprint density at radius 2 is 1.71 bits per heavy atom. The molecule has 2 rings (SSSR count). The summed E-state index contributed by atoms with van der Waals surface area (Å²) >= 11 is 4.78. The Balaban J connectivity index is 2.20. The molecule has 84 valence electrons. The molecule has 0 spiro atoms. The molecule has 0 saturated heterocycles. The first kappa shape index (κ1) is 12.0. The number of phenols is 1. The van der Waals surface area contributed by atoms with Gasteiger partial charge in [0.2, 0.25) is 0 Å². The minimum Gasteiger partial charge on any atom is -0.507 e. The van der Waals surface area contributed by atoms with Crippen molar-refractivity contribution in [3.63, 3.8) is 0 Å². The van der Waals surface area contributed by atoms with Gasteiger partial charge in [-0.3, -0.25) is 0 Å². The Morgan fingerprint density at radius 1 is 1.06 bits per heavy atom. The molecule has 0 atom stereocenters. The van der Waals surface area contributed by atoms with E-state index in [1.807, 2.05) is 18.2 Å². The molecule has 0 fully saturated rings. The van der Waals surface area contributed by atoms with Crippen molar-refractivity contribution >= 4 is 27.7 Å². The van der Waals surface area contributed by atoms with E-state index < -0.39 is 0 Å². The maximum atomic E-state index is 9.56. The van der Waals surface area contributed by atoms with E-state index in [4.69, 9.17) is 5.26 Å². The largest absolute Gasteiger partial charge is 0.507 e. The van der Waals surface area contributed by atoms with E-state index in [1.54, 1.807) is 24.3 Å². The average Bonchev–Trinajstić information content (AvgIpc) is 2.35. The van der Waals surface area contributed by atoms with E-state index in [2.05, 4.69) is 22.0 Å². The Hall–Kier alpha value is -1.44. The molecule has 0 aliphatic rings. The zero-order valence-corrected chi connectivity index (χ0v) is 11.1. The summed E-state index contributed by atoms with van der Waals surface area (Å²) in [6.07, 6.45) is 0. The molecule has 0 heterocycles. The van der Waals surface area contributed by atoms with Gasteiger partial charge >= 0.3 is 0 Å². The summed E-state index contributed by atoms with van der Waals surface area (Å²) in [7, 11) is 0. The van der Waals surface area contributed by atoms with Crippen LogP contribution in [-0.4, -0.2) is 5.11 Å². The SMILES string of the molecule is N#Cc1ccc(Sc2ccc(Br)c(O)c2)cc1. The van der Waals surface area contributed by atoms with Crippen molar-refractivity contribution in [1.82, 2.24) is 0 Å². The van der Waals surface area contributed by atoms with E-state index in [1.165, 1.54) is 11.8 Å². The van der Waals surface area contributed by atoms with E-state index in [0.717, 1.165) is 9.79 Å². The summed E-state index contributed by atoms with van der Waals surface area (Å²) in [5.41, 5.74) is 0.646. The van der Waals surface area contributed by atoms with Crippen molar-refractivity contribution in [2.45, 2.75) is 9.79 Å². The third kappa shape index (κ3) is 3.02. The van der Waals surface area contributed by atoms with Crippen LogP contribution in [0, 0.1) is 11.3 Å². The quantitative estimate of drug-likeness (QED) is 0.905. The highest BCUT2D eigenvalue weighted by molar-refractivity contribution is 9.10. The number of halogens is 1. The molecular weight excluding hydrogens is 298 g/mol. The highest BCUT2D eigenvalue weighted by atomic mass is 79.9. The molecule has 0 unspecified atom stereocenters. The number of nitriles is 1. The normalized spacial score (nSPS) is 9.88. The van der Waals surface area contributed by atoms with Crippen LogP contribution in [-0.2, 0) is 0 Å². The van der Waals surface area contributed by atoms with Crippen LogP contribution >= 0.6 is 27.7 Å². The van der Waals surface area contributed by atoms with Gasteiger partial charge in [-0.25, -0.2) is 0 Å². The zero-order valence-electron chi connectivity index (χ0n) is 8.72. The second-order valence-corrected chi connectivity index (χ2v) is 5.35. The molecule has 0 bridgehead atoms. The molecule has 4 heteroatoms. The average molecular weight is 306 g/mol. The van der Waals surface area contributed by atoms with Gasteiger partial charge in [-0.15, -0.1) is 0 Å². The lowest BCUT2D eigenvalue weighted by Gasteiger charge is -2.03. The standard InChI is InChI=1S/C13H8BrNOS/c14-12-6-5-11(7-13(12)16)17-10-3-1-9(8-15)2-4-10/h1-7,16H. The van der Waals surface area contributed by atoms with E-state index in [-0.39, 0.29) is 5.75 Å². The third-order valence-electron chi connectivity index (χ3n) is 2.14. The second kappa shape index (κ2) is 5.26. The molecule has 0 amide bonds.